The van der Waals surface area contributed by atoms with Gasteiger partial charge in [-0.2, -0.15) is 0 Å². The largest absolute Gasteiger partial charge is 0.379 e. The fourth-order valence-corrected chi connectivity index (χ4v) is 2.31. The van der Waals surface area contributed by atoms with Gasteiger partial charge in [-0.1, -0.05) is 6.07 Å². The van der Waals surface area contributed by atoms with Crippen LogP contribution in [0.4, 0.5) is 0 Å². The van der Waals surface area contributed by atoms with Crippen LogP contribution in [0.5, 0.6) is 0 Å². The molecule has 20 heavy (non-hydrogen) atoms. The van der Waals surface area contributed by atoms with Crippen molar-refractivity contribution in [2.45, 2.75) is 20.3 Å². The van der Waals surface area contributed by atoms with E-state index >= 15 is 0 Å². The second-order valence-corrected chi connectivity index (χ2v) is 5.36. The molecule has 0 radical (unpaired) electrons. The summed E-state index contributed by atoms with van der Waals surface area (Å²) >= 11 is 0. The van der Waals surface area contributed by atoms with Gasteiger partial charge in [0, 0.05) is 25.2 Å². The zero-order chi connectivity index (χ0) is 14.4. The van der Waals surface area contributed by atoms with Gasteiger partial charge in [-0.15, -0.1) is 0 Å². The van der Waals surface area contributed by atoms with E-state index in [9.17, 15) is 4.79 Å². The third-order valence-electron chi connectivity index (χ3n) is 3.81. The summed E-state index contributed by atoms with van der Waals surface area (Å²) in [6, 6.07) is 5.84. The number of carbonyl (C=O) groups excluding carboxylic acids is 1. The molecule has 0 saturated carbocycles. The van der Waals surface area contributed by atoms with Crippen molar-refractivity contribution in [1.82, 2.24) is 10.2 Å². The number of nitrogens with one attached hydrogen (secondary N) is 1. The quantitative estimate of drug-likeness (QED) is 0.833. The highest BCUT2D eigenvalue weighted by atomic mass is 16.5. The summed E-state index contributed by atoms with van der Waals surface area (Å²) in [6.07, 6.45) is 0.983. The lowest BCUT2D eigenvalue weighted by atomic mass is 10.1. The van der Waals surface area contributed by atoms with Crippen LogP contribution in [0.3, 0.4) is 0 Å². The van der Waals surface area contributed by atoms with Crippen LogP contribution in [0.2, 0.25) is 0 Å². The van der Waals surface area contributed by atoms with Gasteiger partial charge < -0.3 is 10.1 Å². The number of hydrogen-bond acceptors (Lipinski definition) is 3. The molecule has 1 N–H and O–H groups in total. The van der Waals surface area contributed by atoms with Gasteiger partial charge in [-0.05, 0) is 50.1 Å². The number of aryl methyl sites for hydroxylation is 2. The van der Waals surface area contributed by atoms with Gasteiger partial charge >= 0.3 is 0 Å². The molecule has 4 nitrogen and oxygen atoms in total. The van der Waals surface area contributed by atoms with Gasteiger partial charge in [0.1, 0.15) is 0 Å². The molecule has 1 heterocycles. The van der Waals surface area contributed by atoms with Gasteiger partial charge in [-0.25, -0.2) is 0 Å². The first kappa shape index (κ1) is 15.0. The summed E-state index contributed by atoms with van der Waals surface area (Å²) in [5.74, 6) is 0.0232. The Bertz CT molecular complexity index is 454. The van der Waals surface area contributed by atoms with Crippen molar-refractivity contribution in [3.05, 3.63) is 34.9 Å². The molecule has 1 fully saturated rings. The van der Waals surface area contributed by atoms with Crippen LogP contribution in [0.1, 0.15) is 27.9 Å². The first-order chi connectivity index (χ1) is 9.66. The maximum Gasteiger partial charge on any atom is 0.251 e. The Labute approximate surface area is 121 Å². The molecule has 0 aromatic heterocycles. The average molecular weight is 276 g/mol. The first-order valence-corrected chi connectivity index (χ1v) is 7.32. The second kappa shape index (κ2) is 7.41. The second-order valence-electron chi connectivity index (χ2n) is 5.36. The first-order valence-electron chi connectivity index (χ1n) is 7.32. The van der Waals surface area contributed by atoms with Gasteiger partial charge in [0.05, 0.1) is 13.2 Å². The third-order valence-corrected chi connectivity index (χ3v) is 3.81. The van der Waals surface area contributed by atoms with Crippen LogP contribution >= 0.6 is 0 Å². The number of ether oxygens (including phenoxy) is 1. The number of morpholine rings is 1. The number of carbonyl (C=O) groups is 1. The van der Waals surface area contributed by atoms with Gasteiger partial charge in [0.25, 0.3) is 5.91 Å². The third kappa shape index (κ3) is 4.32. The van der Waals surface area contributed by atoms with Crippen LogP contribution in [0, 0.1) is 13.8 Å². The van der Waals surface area contributed by atoms with E-state index in [4.69, 9.17) is 4.74 Å². The van der Waals surface area contributed by atoms with Crippen LogP contribution < -0.4 is 5.32 Å². The van der Waals surface area contributed by atoms with E-state index in [1.807, 2.05) is 25.1 Å². The molecule has 0 spiro atoms. The molecule has 1 aromatic rings. The summed E-state index contributed by atoms with van der Waals surface area (Å²) in [5.41, 5.74) is 3.12. The summed E-state index contributed by atoms with van der Waals surface area (Å²) in [7, 11) is 0. The Hall–Kier alpha value is -1.39. The molecule has 1 aliphatic heterocycles. The minimum absolute atomic E-state index is 0.0232. The fraction of sp³-hybridized carbons (Fsp3) is 0.562. The van der Waals surface area contributed by atoms with E-state index in [1.54, 1.807) is 0 Å². The van der Waals surface area contributed by atoms with Crippen molar-refractivity contribution >= 4 is 5.91 Å². The molecule has 1 aromatic carbocycles. The molecule has 0 bridgehead atoms. The number of nitrogens with zero attached hydrogens (tertiary/aromatic N) is 1. The fourth-order valence-electron chi connectivity index (χ4n) is 2.31. The minimum Gasteiger partial charge on any atom is -0.379 e. The van der Waals surface area contributed by atoms with E-state index in [1.165, 1.54) is 5.56 Å². The highest BCUT2D eigenvalue weighted by Gasteiger charge is 2.10. The standard InChI is InChI=1S/C16H24N2O2/c1-13-4-5-15(12-14(13)2)16(19)17-6-3-7-18-8-10-20-11-9-18/h4-5,12H,3,6-11H2,1-2H3,(H,17,19). The average Bonchev–Trinajstić information content (AvgIpc) is 2.47. The number of benzene rings is 1. The smallest absolute Gasteiger partial charge is 0.251 e. The number of amides is 1. The van der Waals surface area contributed by atoms with Crippen molar-refractivity contribution < 1.29 is 9.53 Å². The Balaban J connectivity index is 1.70. The number of rotatable bonds is 5. The molecule has 110 valence electrons. The van der Waals surface area contributed by atoms with Crippen LogP contribution in [-0.4, -0.2) is 50.2 Å². The lowest BCUT2D eigenvalue weighted by Crippen LogP contribution is -2.38. The van der Waals surface area contributed by atoms with E-state index in [0.717, 1.165) is 56.9 Å². The molecular weight excluding hydrogens is 252 g/mol. The molecule has 0 aliphatic carbocycles. The predicted octanol–water partition coefficient (Wildman–Crippen LogP) is 1.76. The van der Waals surface area contributed by atoms with Crippen LogP contribution in [0.15, 0.2) is 18.2 Å². The highest BCUT2D eigenvalue weighted by molar-refractivity contribution is 5.94. The number of hydrogen-bond donors (Lipinski definition) is 1. The summed E-state index contributed by atoms with van der Waals surface area (Å²) < 4.78 is 5.31. The van der Waals surface area contributed by atoms with Gasteiger partial charge in [0.2, 0.25) is 0 Å². The zero-order valence-corrected chi connectivity index (χ0v) is 12.4. The SMILES string of the molecule is Cc1ccc(C(=O)NCCCN2CCOCC2)cc1C. The maximum absolute atomic E-state index is 12.0. The minimum atomic E-state index is 0.0232. The van der Waals surface area contributed by atoms with E-state index < -0.39 is 0 Å². The van der Waals surface area contributed by atoms with E-state index in [0.29, 0.717) is 0 Å². The van der Waals surface area contributed by atoms with Crippen molar-refractivity contribution in [2.24, 2.45) is 0 Å². The lowest BCUT2D eigenvalue weighted by Gasteiger charge is -2.26. The van der Waals surface area contributed by atoms with Crippen LogP contribution in [-0.2, 0) is 4.74 Å². The summed E-state index contributed by atoms with van der Waals surface area (Å²) in [6.45, 7) is 9.50. The molecular formula is C16H24N2O2. The van der Waals surface area contributed by atoms with Crippen LogP contribution in [0.25, 0.3) is 0 Å². The Morgan fingerprint density at radius 2 is 2.00 bits per heavy atom. The molecule has 4 heteroatoms. The summed E-state index contributed by atoms with van der Waals surface area (Å²) in [5, 5.41) is 2.99. The highest BCUT2D eigenvalue weighted by Crippen LogP contribution is 2.09. The Morgan fingerprint density at radius 1 is 1.25 bits per heavy atom. The molecule has 1 amide bonds. The summed E-state index contributed by atoms with van der Waals surface area (Å²) in [4.78, 5) is 14.4. The topological polar surface area (TPSA) is 41.6 Å². The molecule has 0 unspecified atom stereocenters. The molecule has 2 rings (SSSR count). The Kier molecular flexibility index (Phi) is 5.56. The van der Waals surface area contributed by atoms with Gasteiger partial charge in [0.15, 0.2) is 0 Å². The van der Waals surface area contributed by atoms with Crippen molar-refractivity contribution in [3.63, 3.8) is 0 Å². The predicted molar refractivity (Wildman–Crippen MR) is 80.1 cm³/mol. The molecule has 1 saturated heterocycles. The van der Waals surface area contributed by atoms with Crippen molar-refractivity contribution in [1.29, 1.82) is 0 Å². The van der Waals surface area contributed by atoms with Crippen molar-refractivity contribution in [2.75, 3.05) is 39.4 Å². The lowest BCUT2D eigenvalue weighted by molar-refractivity contribution is 0.0374. The zero-order valence-electron chi connectivity index (χ0n) is 12.4. The maximum atomic E-state index is 12.0. The Morgan fingerprint density at radius 3 is 2.70 bits per heavy atom. The normalized spacial score (nSPS) is 16.1. The van der Waals surface area contributed by atoms with E-state index in [2.05, 4.69) is 17.1 Å². The van der Waals surface area contributed by atoms with Gasteiger partial charge in [-0.3, -0.25) is 9.69 Å². The molecule has 1 aliphatic rings. The van der Waals surface area contributed by atoms with Crippen molar-refractivity contribution in [3.8, 4) is 0 Å². The molecule has 0 atom stereocenters. The van der Waals surface area contributed by atoms with E-state index in [-0.39, 0.29) is 5.91 Å². The monoisotopic (exact) mass is 276 g/mol.